The third-order valence-corrected chi connectivity index (χ3v) is 10.3. The number of fused-ring (bicyclic) bond motifs is 3. The maximum Gasteiger partial charge on any atom is 0.329 e. The maximum atomic E-state index is 13.2. The number of nitrogens with one attached hydrogen (secondary N) is 2. The molecule has 0 spiro atoms. The number of carbonyl (C=O) groups is 4. The zero-order valence-corrected chi connectivity index (χ0v) is 30.5. The van der Waals surface area contributed by atoms with Crippen molar-refractivity contribution in [1.29, 1.82) is 0 Å². The maximum absolute atomic E-state index is 13.2. The standard InChI is InChI=1S/C41H37N9O5/c1-4-35-45-37(34-23-48(24(2)51)18-19-49(34)35)28-11-5-9-26-20-31(44-22-29(26)28)27-13-14-30(43-21-27)39(53)42-17-7-10-25-8-6-12-32-38(25)47(3)41(55)50(32)33-15-16-36(52)46-40(33)54/h5-6,8-9,11-14,20-22,33H,4,15-19,23H2,1-3H3,(H,42,53)(H,46,52,54). The van der Waals surface area contributed by atoms with E-state index in [1.165, 1.54) is 9.13 Å². The van der Waals surface area contributed by atoms with E-state index >= 15 is 0 Å². The second-order valence-electron chi connectivity index (χ2n) is 13.6. The van der Waals surface area contributed by atoms with E-state index in [4.69, 9.17) is 9.97 Å². The molecule has 0 aliphatic carbocycles. The lowest BCUT2D eigenvalue weighted by Gasteiger charge is -2.28. The smallest absolute Gasteiger partial charge is 0.329 e. The van der Waals surface area contributed by atoms with E-state index < -0.39 is 17.9 Å². The highest BCUT2D eigenvalue weighted by Gasteiger charge is 2.32. The number of nitrogens with zero attached hydrogens (tertiary/aromatic N) is 7. The summed E-state index contributed by atoms with van der Waals surface area (Å²) in [4.78, 5) is 78.7. The minimum Gasteiger partial charge on any atom is -0.340 e. The lowest BCUT2D eigenvalue weighted by Crippen LogP contribution is -2.44. The molecule has 0 bridgehead atoms. The summed E-state index contributed by atoms with van der Waals surface area (Å²) >= 11 is 0. The van der Waals surface area contributed by atoms with Gasteiger partial charge in [-0.15, -0.1) is 0 Å². The molecule has 55 heavy (non-hydrogen) atoms. The Morgan fingerprint density at radius 1 is 1.02 bits per heavy atom. The number of aromatic nitrogens is 6. The highest BCUT2D eigenvalue weighted by atomic mass is 16.2. The predicted molar refractivity (Wildman–Crippen MR) is 204 cm³/mol. The number of piperidine rings is 1. The number of aryl methyl sites for hydroxylation is 2. The second-order valence-corrected chi connectivity index (χ2v) is 13.6. The SMILES string of the molecule is CCc1nc(-c2cccc3cc(-c4ccc(C(=O)NCC#Cc5cccc6c5n(C)c(=O)n6C5CCC(=O)NC5=O)nc4)ncc23)c2n1CCN(C(C)=O)C2. The van der Waals surface area contributed by atoms with Crippen molar-refractivity contribution in [2.75, 3.05) is 13.1 Å². The van der Waals surface area contributed by atoms with E-state index in [-0.39, 0.29) is 42.6 Å². The summed E-state index contributed by atoms with van der Waals surface area (Å²) in [6.07, 6.45) is 4.63. The molecule has 1 fully saturated rings. The Labute approximate surface area is 315 Å². The summed E-state index contributed by atoms with van der Waals surface area (Å²) < 4.78 is 5.08. The van der Waals surface area contributed by atoms with Crippen LogP contribution in [0.5, 0.6) is 0 Å². The van der Waals surface area contributed by atoms with Gasteiger partial charge in [-0.05, 0) is 42.1 Å². The molecule has 0 radical (unpaired) electrons. The molecule has 8 rings (SSSR count). The third-order valence-electron chi connectivity index (χ3n) is 10.3. The molecule has 1 saturated heterocycles. The van der Waals surface area contributed by atoms with Crippen molar-refractivity contribution in [2.45, 2.75) is 52.2 Å². The summed E-state index contributed by atoms with van der Waals surface area (Å²) in [5.74, 6) is 5.78. The predicted octanol–water partition coefficient (Wildman–Crippen LogP) is 3.50. The first-order valence-electron chi connectivity index (χ1n) is 18.1. The van der Waals surface area contributed by atoms with Crippen LogP contribution in [0.2, 0.25) is 0 Å². The quantitative estimate of drug-likeness (QED) is 0.194. The average molecular weight is 736 g/mol. The Kier molecular flexibility index (Phi) is 9.06. The van der Waals surface area contributed by atoms with Crippen LogP contribution in [-0.2, 0) is 40.9 Å². The van der Waals surface area contributed by atoms with Gasteiger partial charge < -0.3 is 14.8 Å². The van der Waals surface area contributed by atoms with Gasteiger partial charge >= 0.3 is 5.69 Å². The van der Waals surface area contributed by atoms with Gasteiger partial charge in [0.2, 0.25) is 17.7 Å². The minimum atomic E-state index is -0.797. The van der Waals surface area contributed by atoms with Crippen LogP contribution in [0.15, 0.2) is 71.8 Å². The lowest BCUT2D eigenvalue weighted by atomic mass is 10.0. The molecule has 1 unspecified atom stereocenters. The highest BCUT2D eigenvalue weighted by molar-refractivity contribution is 6.00. The molecule has 6 aromatic rings. The van der Waals surface area contributed by atoms with Crippen molar-refractivity contribution >= 4 is 45.4 Å². The normalized spacial score (nSPS) is 15.4. The van der Waals surface area contributed by atoms with Gasteiger partial charge in [0.25, 0.3) is 5.91 Å². The van der Waals surface area contributed by atoms with Gasteiger partial charge in [-0.2, -0.15) is 0 Å². The van der Waals surface area contributed by atoms with Crippen molar-refractivity contribution in [3.8, 4) is 34.4 Å². The molecular weight excluding hydrogens is 699 g/mol. The molecule has 276 valence electrons. The molecule has 1 atom stereocenters. The molecule has 0 saturated carbocycles. The first-order valence-corrected chi connectivity index (χ1v) is 18.1. The van der Waals surface area contributed by atoms with Crippen LogP contribution >= 0.6 is 0 Å². The fourth-order valence-corrected chi connectivity index (χ4v) is 7.54. The van der Waals surface area contributed by atoms with Crippen LogP contribution in [0.25, 0.3) is 44.3 Å². The lowest BCUT2D eigenvalue weighted by molar-refractivity contribution is -0.135. The van der Waals surface area contributed by atoms with E-state index in [1.807, 2.05) is 35.4 Å². The number of imidazole rings is 2. The van der Waals surface area contributed by atoms with Crippen LogP contribution < -0.4 is 16.3 Å². The molecule has 4 amide bonds. The van der Waals surface area contributed by atoms with Gasteiger partial charge in [0, 0.05) is 68.8 Å². The van der Waals surface area contributed by atoms with Gasteiger partial charge in [0.15, 0.2) is 0 Å². The van der Waals surface area contributed by atoms with E-state index in [0.29, 0.717) is 35.4 Å². The third kappa shape index (κ3) is 6.33. The van der Waals surface area contributed by atoms with Crippen LogP contribution in [0.1, 0.15) is 60.3 Å². The van der Waals surface area contributed by atoms with Crippen molar-refractivity contribution < 1.29 is 19.2 Å². The van der Waals surface area contributed by atoms with Crippen molar-refractivity contribution in [3.05, 3.63) is 100 Å². The number of amides is 4. The van der Waals surface area contributed by atoms with Gasteiger partial charge in [0.1, 0.15) is 17.6 Å². The Hall–Kier alpha value is -6.88. The van der Waals surface area contributed by atoms with E-state index in [9.17, 15) is 24.0 Å². The van der Waals surface area contributed by atoms with Crippen molar-refractivity contribution in [3.63, 3.8) is 0 Å². The number of hydrogen-bond acceptors (Lipinski definition) is 8. The number of imide groups is 1. The number of rotatable bonds is 6. The first kappa shape index (κ1) is 35.2. The summed E-state index contributed by atoms with van der Waals surface area (Å²) in [7, 11) is 1.61. The van der Waals surface area contributed by atoms with Crippen LogP contribution in [0, 0.1) is 11.8 Å². The Morgan fingerprint density at radius 3 is 2.62 bits per heavy atom. The number of pyridine rings is 2. The molecule has 2 N–H and O–H groups in total. The number of carbonyl (C=O) groups excluding carboxylic acids is 4. The summed E-state index contributed by atoms with van der Waals surface area (Å²) in [6, 6.07) is 16.0. The zero-order chi connectivity index (χ0) is 38.4. The Balaban J connectivity index is 0.973. The van der Waals surface area contributed by atoms with Gasteiger partial charge in [-0.3, -0.25) is 43.6 Å². The molecular formula is C41H37N9O5. The minimum absolute atomic E-state index is 0.0293. The van der Waals surface area contributed by atoms with Gasteiger partial charge in [-0.25, -0.2) is 9.78 Å². The highest BCUT2D eigenvalue weighted by Crippen LogP contribution is 2.34. The summed E-state index contributed by atoms with van der Waals surface area (Å²) in [5, 5.41) is 7.01. The fourth-order valence-electron chi connectivity index (χ4n) is 7.54. The van der Waals surface area contributed by atoms with E-state index in [0.717, 1.165) is 52.1 Å². The number of hydrogen-bond donors (Lipinski definition) is 2. The summed E-state index contributed by atoms with van der Waals surface area (Å²) in [5.41, 5.74) is 5.80. The first-order chi connectivity index (χ1) is 26.6. The van der Waals surface area contributed by atoms with E-state index in [1.54, 1.807) is 50.5 Å². The fraction of sp³-hybridized carbons (Fsp3) is 0.268. The topological polar surface area (TPSA) is 166 Å². The summed E-state index contributed by atoms with van der Waals surface area (Å²) in [6.45, 7) is 5.62. The van der Waals surface area contributed by atoms with Crippen LogP contribution in [-0.4, -0.2) is 70.3 Å². The molecule has 2 aliphatic rings. The monoisotopic (exact) mass is 735 g/mol. The number of benzene rings is 2. The van der Waals surface area contributed by atoms with Crippen LogP contribution in [0.3, 0.4) is 0 Å². The molecule has 4 aromatic heterocycles. The van der Waals surface area contributed by atoms with Gasteiger partial charge in [0.05, 0.1) is 46.8 Å². The zero-order valence-electron chi connectivity index (χ0n) is 30.5. The molecule has 14 heteroatoms. The Bertz CT molecular complexity index is 2690. The second kappa shape index (κ2) is 14.2. The average Bonchev–Trinajstić information content (AvgIpc) is 3.69. The number of para-hydroxylation sites is 1. The Morgan fingerprint density at radius 2 is 1.85 bits per heavy atom. The van der Waals surface area contributed by atoms with Crippen molar-refractivity contribution in [1.82, 2.24) is 44.2 Å². The molecule has 2 aromatic carbocycles. The molecule has 2 aliphatic heterocycles. The van der Waals surface area contributed by atoms with Crippen LogP contribution in [0.4, 0.5) is 0 Å². The molecule has 14 nitrogen and oxygen atoms in total. The molecule has 6 heterocycles. The largest absolute Gasteiger partial charge is 0.340 e. The van der Waals surface area contributed by atoms with Gasteiger partial charge in [-0.1, -0.05) is 43.0 Å². The van der Waals surface area contributed by atoms with Crippen molar-refractivity contribution in [2.24, 2.45) is 7.05 Å². The van der Waals surface area contributed by atoms with E-state index in [2.05, 4.69) is 38.9 Å².